The lowest BCUT2D eigenvalue weighted by atomic mass is 10.2. The third-order valence-corrected chi connectivity index (χ3v) is 2.05. The van der Waals surface area contributed by atoms with Gasteiger partial charge < -0.3 is 10.7 Å². The highest BCUT2D eigenvalue weighted by Gasteiger charge is 2.06. The van der Waals surface area contributed by atoms with E-state index in [2.05, 4.69) is 15.1 Å². The van der Waals surface area contributed by atoms with Crippen molar-refractivity contribution in [2.45, 2.75) is 0 Å². The Bertz CT molecular complexity index is 512. The van der Waals surface area contributed by atoms with E-state index in [1.807, 2.05) is 13.2 Å². The first-order chi connectivity index (χ1) is 6.66. The van der Waals surface area contributed by atoms with Crippen LogP contribution in [-0.4, -0.2) is 19.7 Å². The monoisotopic (exact) mass is 207 g/mol. The van der Waals surface area contributed by atoms with Crippen LogP contribution in [0.1, 0.15) is 0 Å². The number of nitrogens with one attached hydrogen (secondary N) is 1. The van der Waals surface area contributed by atoms with E-state index in [-0.39, 0.29) is 0 Å². The normalized spacial score (nSPS) is 10.4. The Hall–Kier alpha value is -1.69. The largest absolute Gasteiger partial charge is 0.382 e. The number of H-pyrrole nitrogens is 1. The molecule has 14 heavy (non-hydrogen) atoms. The number of hydrogen-bond acceptors (Lipinski definition) is 4. The number of nitrogens with two attached hydrogens (primary N) is 1. The predicted molar refractivity (Wildman–Crippen MR) is 56.0 cm³/mol. The molecule has 0 radical (unpaired) electrons. The molecule has 6 heteroatoms. The van der Waals surface area contributed by atoms with E-state index in [1.54, 1.807) is 17.1 Å². The summed E-state index contributed by atoms with van der Waals surface area (Å²) in [5, 5.41) is 4.04. The van der Waals surface area contributed by atoms with Gasteiger partial charge in [0.15, 0.2) is 5.82 Å². The lowest BCUT2D eigenvalue weighted by molar-refractivity contribution is 0.772. The zero-order valence-electron chi connectivity index (χ0n) is 7.56. The summed E-state index contributed by atoms with van der Waals surface area (Å²) in [6.07, 6.45) is 3.38. The van der Waals surface area contributed by atoms with Gasteiger partial charge in [0.05, 0.1) is 17.6 Å². The zero-order valence-corrected chi connectivity index (χ0v) is 8.38. The number of aryl methyl sites for hydroxylation is 1. The quantitative estimate of drug-likeness (QED) is 0.687. The summed E-state index contributed by atoms with van der Waals surface area (Å²) in [5.74, 6) is 0.476. The second kappa shape index (κ2) is 3.22. The Labute approximate surface area is 85.6 Å². The number of hydrogen-bond donors (Lipinski definition) is 2. The minimum absolute atomic E-state index is 0.476. The first kappa shape index (κ1) is 8.89. The summed E-state index contributed by atoms with van der Waals surface area (Å²) in [5.41, 5.74) is 7.38. The molecular formula is C8H9N5S. The van der Waals surface area contributed by atoms with E-state index >= 15 is 0 Å². The highest BCUT2D eigenvalue weighted by molar-refractivity contribution is 7.71. The molecule has 0 aliphatic carbocycles. The Morgan fingerprint density at radius 1 is 1.57 bits per heavy atom. The molecule has 0 aromatic carbocycles. The molecule has 0 fully saturated rings. The van der Waals surface area contributed by atoms with Crippen LogP contribution in [0.2, 0.25) is 0 Å². The lowest BCUT2D eigenvalue weighted by Crippen LogP contribution is -1.91. The Morgan fingerprint density at radius 2 is 2.36 bits per heavy atom. The molecule has 0 saturated heterocycles. The number of nitrogen functional groups attached to an aromatic ring is 1. The fraction of sp³-hybridized carbons (Fsp3) is 0.125. The van der Waals surface area contributed by atoms with Crippen molar-refractivity contribution in [1.29, 1.82) is 0 Å². The maximum atomic E-state index is 5.72. The zero-order chi connectivity index (χ0) is 10.1. The number of rotatable bonds is 1. The van der Waals surface area contributed by atoms with E-state index in [0.29, 0.717) is 10.5 Å². The van der Waals surface area contributed by atoms with Crippen LogP contribution in [0.15, 0.2) is 18.6 Å². The van der Waals surface area contributed by atoms with Gasteiger partial charge >= 0.3 is 0 Å². The topological polar surface area (TPSA) is 72.5 Å². The maximum Gasteiger partial charge on any atom is 0.154 e. The summed E-state index contributed by atoms with van der Waals surface area (Å²) in [6, 6.07) is 1.75. The van der Waals surface area contributed by atoms with Gasteiger partial charge in [-0.25, -0.2) is 4.98 Å². The summed E-state index contributed by atoms with van der Waals surface area (Å²) in [6.45, 7) is 0. The fourth-order valence-electron chi connectivity index (χ4n) is 1.24. The molecule has 0 saturated carbocycles. The van der Waals surface area contributed by atoms with Crippen molar-refractivity contribution in [2.24, 2.45) is 7.05 Å². The predicted octanol–water partition coefficient (Wildman–Crippen LogP) is 1.12. The molecule has 5 nitrogen and oxygen atoms in total. The van der Waals surface area contributed by atoms with Crippen LogP contribution in [0, 0.1) is 4.64 Å². The molecule has 0 unspecified atom stereocenters. The van der Waals surface area contributed by atoms with Crippen LogP contribution >= 0.6 is 12.2 Å². The lowest BCUT2D eigenvalue weighted by Gasteiger charge is -1.96. The number of nitrogens with zero attached hydrogens (tertiary/aromatic N) is 3. The van der Waals surface area contributed by atoms with Crippen molar-refractivity contribution in [3.8, 4) is 11.3 Å². The summed E-state index contributed by atoms with van der Waals surface area (Å²) < 4.78 is 2.18. The van der Waals surface area contributed by atoms with Crippen molar-refractivity contribution in [3.63, 3.8) is 0 Å². The highest BCUT2D eigenvalue weighted by atomic mass is 32.1. The second-order valence-electron chi connectivity index (χ2n) is 2.90. The molecule has 0 aliphatic rings. The van der Waals surface area contributed by atoms with E-state index in [4.69, 9.17) is 18.0 Å². The molecule has 0 atom stereocenters. The van der Waals surface area contributed by atoms with Crippen molar-refractivity contribution in [2.75, 3.05) is 5.73 Å². The van der Waals surface area contributed by atoms with E-state index < -0.39 is 0 Å². The van der Waals surface area contributed by atoms with Gasteiger partial charge in [0.1, 0.15) is 4.64 Å². The van der Waals surface area contributed by atoms with Crippen LogP contribution < -0.4 is 5.73 Å². The molecule has 0 bridgehead atoms. The Balaban J connectivity index is 2.59. The summed E-state index contributed by atoms with van der Waals surface area (Å²) in [4.78, 5) is 6.86. The van der Waals surface area contributed by atoms with Crippen LogP contribution in [0.4, 0.5) is 5.82 Å². The third kappa shape index (κ3) is 1.51. The van der Waals surface area contributed by atoms with E-state index in [9.17, 15) is 0 Å². The third-order valence-electron chi connectivity index (χ3n) is 1.83. The number of aromatic nitrogens is 4. The second-order valence-corrected chi connectivity index (χ2v) is 3.32. The first-order valence-electron chi connectivity index (χ1n) is 4.01. The van der Waals surface area contributed by atoms with Gasteiger partial charge in [0.25, 0.3) is 0 Å². The molecule has 2 heterocycles. The molecule has 0 amide bonds. The molecule has 3 N–H and O–H groups in total. The number of anilines is 1. The van der Waals surface area contributed by atoms with Gasteiger partial charge in [0.2, 0.25) is 0 Å². The molecule has 2 rings (SSSR count). The standard InChI is InChI=1S/C8H9N5S/c1-13-3-5(8(9)12-13)6-2-7(14)11-4-10-6/h2-4H,1H3,(H2,9,12)(H,10,11,14). The van der Waals surface area contributed by atoms with Crippen LogP contribution in [0.25, 0.3) is 11.3 Å². The molecule has 0 spiro atoms. The molecule has 2 aromatic rings. The Kier molecular flexibility index (Phi) is 2.05. The first-order valence-corrected chi connectivity index (χ1v) is 4.42. The van der Waals surface area contributed by atoms with Gasteiger partial charge in [-0.15, -0.1) is 0 Å². The van der Waals surface area contributed by atoms with Crippen LogP contribution in [-0.2, 0) is 7.05 Å². The molecular weight excluding hydrogens is 198 g/mol. The van der Waals surface area contributed by atoms with Crippen LogP contribution in [0.3, 0.4) is 0 Å². The maximum absolute atomic E-state index is 5.72. The van der Waals surface area contributed by atoms with Crippen molar-refractivity contribution in [3.05, 3.63) is 23.2 Å². The Morgan fingerprint density at radius 3 is 2.93 bits per heavy atom. The van der Waals surface area contributed by atoms with Gasteiger partial charge in [-0.2, -0.15) is 5.10 Å². The van der Waals surface area contributed by atoms with Crippen molar-refractivity contribution in [1.82, 2.24) is 19.7 Å². The van der Waals surface area contributed by atoms with Crippen LogP contribution in [0.5, 0.6) is 0 Å². The molecule has 0 aliphatic heterocycles. The SMILES string of the molecule is Cn1cc(-c2cc(=S)nc[nH]2)c(N)n1. The van der Waals surface area contributed by atoms with Gasteiger partial charge in [-0.05, 0) is 6.07 Å². The van der Waals surface area contributed by atoms with Gasteiger partial charge in [-0.3, -0.25) is 4.68 Å². The number of aromatic amines is 1. The van der Waals surface area contributed by atoms with E-state index in [0.717, 1.165) is 11.3 Å². The van der Waals surface area contributed by atoms with Crippen molar-refractivity contribution >= 4 is 18.0 Å². The average molecular weight is 207 g/mol. The fourth-order valence-corrected chi connectivity index (χ4v) is 1.41. The smallest absolute Gasteiger partial charge is 0.154 e. The van der Waals surface area contributed by atoms with E-state index in [1.165, 1.54) is 0 Å². The summed E-state index contributed by atoms with van der Waals surface area (Å²) >= 11 is 4.95. The summed E-state index contributed by atoms with van der Waals surface area (Å²) in [7, 11) is 1.82. The average Bonchev–Trinajstić information content (AvgIpc) is 2.45. The molecule has 72 valence electrons. The van der Waals surface area contributed by atoms with Gasteiger partial charge in [0, 0.05) is 13.2 Å². The minimum atomic E-state index is 0.476. The molecule has 2 aromatic heterocycles. The minimum Gasteiger partial charge on any atom is -0.382 e. The highest BCUT2D eigenvalue weighted by Crippen LogP contribution is 2.21. The van der Waals surface area contributed by atoms with Gasteiger partial charge in [-0.1, -0.05) is 12.2 Å². The van der Waals surface area contributed by atoms with Crippen molar-refractivity contribution < 1.29 is 0 Å².